The second-order valence-corrected chi connectivity index (χ2v) is 8.73. The Bertz CT molecular complexity index is 1620. The van der Waals surface area contributed by atoms with Gasteiger partial charge in [-0.3, -0.25) is 9.36 Å². The van der Waals surface area contributed by atoms with Crippen molar-refractivity contribution in [3.63, 3.8) is 0 Å². The summed E-state index contributed by atoms with van der Waals surface area (Å²) in [6, 6.07) is 30.0. The van der Waals surface area contributed by atoms with E-state index in [2.05, 4.69) is 12.1 Å². The van der Waals surface area contributed by atoms with Crippen LogP contribution in [0.1, 0.15) is 34.0 Å². The van der Waals surface area contributed by atoms with Gasteiger partial charge in [0.25, 0.3) is 5.56 Å². The molecule has 1 unspecified atom stereocenters. The monoisotopic (exact) mass is 460 g/mol. The predicted molar refractivity (Wildman–Crippen MR) is 137 cm³/mol. The van der Waals surface area contributed by atoms with Crippen LogP contribution in [0.2, 0.25) is 0 Å². The van der Waals surface area contributed by atoms with E-state index in [1.807, 2.05) is 85.8 Å². The number of methoxy groups -OCH3 is 1. The van der Waals surface area contributed by atoms with E-state index in [1.54, 1.807) is 11.7 Å². The Labute approximate surface area is 203 Å². The Morgan fingerprint density at radius 2 is 1.63 bits per heavy atom. The lowest BCUT2D eigenvalue weighted by atomic mass is 9.81. The maximum absolute atomic E-state index is 14.2. The Kier molecular flexibility index (Phi) is 5.10. The highest BCUT2D eigenvalue weighted by Crippen LogP contribution is 2.49. The zero-order valence-electron chi connectivity index (χ0n) is 19.6. The van der Waals surface area contributed by atoms with E-state index in [0.29, 0.717) is 29.6 Å². The van der Waals surface area contributed by atoms with E-state index >= 15 is 0 Å². The predicted octanol–water partition coefficient (Wildman–Crippen LogP) is 6.05. The molecular weight excluding hydrogens is 436 g/mol. The minimum atomic E-state index is -0.390. The first-order chi connectivity index (χ1) is 17.2. The molecule has 1 atom stereocenters. The molecule has 172 valence electrons. The van der Waals surface area contributed by atoms with Crippen molar-refractivity contribution in [3.8, 4) is 17.4 Å². The molecule has 4 aromatic carbocycles. The highest BCUT2D eigenvalue weighted by atomic mass is 16.5. The van der Waals surface area contributed by atoms with Crippen molar-refractivity contribution in [2.45, 2.75) is 19.4 Å². The molecular formula is C30H24N2O3. The van der Waals surface area contributed by atoms with Crippen LogP contribution in [0.4, 0.5) is 0 Å². The number of hydrogen-bond acceptors (Lipinski definition) is 4. The molecule has 35 heavy (non-hydrogen) atoms. The first-order valence-electron chi connectivity index (χ1n) is 11.6. The summed E-state index contributed by atoms with van der Waals surface area (Å²) in [6.45, 7) is 2.29. The number of fused-ring (bicyclic) bond motifs is 4. The summed E-state index contributed by atoms with van der Waals surface area (Å²) in [7, 11) is 1.66. The fraction of sp³-hybridized carbons (Fsp3) is 0.133. The summed E-state index contributed by atoms with van der Waals surface area (Å²) in [5, 5.41) is 2.13. The van der Waals surface area contributed by atoms with Gasteiger partial charge in [0.2, 0.25) is 5.88 Å². The van der Waals surface area contributed by atoms with Gasteiger partial charge in [-0.05, 0) is 35.4 Å². The molecule has 0 saturated carbocycles. The van der Waals surface area contributed by atoms with Crippen molar-refractivity contribution in [1.82, 2.24) is 9.55 Å². The van der Waals surface area contributed by atoms with Crippen LogP contribution in [0.15, 0.2) is 95.8 Å². The minimum Gasteiger partial charge on any atom is -0.496 e. The van der Waals surface area contributed by atoms with E-state index in [-0.39, 0.29) is 5.56 Å². The minimum absolute atomic E-state index is 0.106. The molecule has 0 amide bonds. The number of ether oxygens (including phenoxy) is 2. The summed E-state index contributed by atoms with van der Waals surface area (Å²) in [5.74, 6) is 2.01. The Balaban J connectivity index is 1.66. The number of nitrogens with zero attached hydrogens (tertiary/aromatic N) is 2. The van der Waals surface area contributed by atoms with Gasteiger partial charge in [-0.15, -0.1) is 0 Å². The quantitative estimate of drug-likeness (QED) is 0.321. The zero-order valence-corrected chi connectivity index (χ0v) is 19.6. The molecule has 0 bridgehead atoms. The number of benzene rings is 4. The summed E-state index contributed by atoms with van der Waals surface area (Å²) in [6.07, 6.45) is 0. The van der Waals surface area contributed by atoms with E-state index in [0.717, 1.165) is 33.2 Å². The fourth-order valence-corrected chi connectivity index (χ4v) is 5.06. The molecule has 6 rings (SSSR count). The lowest BCUT2D eigenvalue weighted by molar-refractivity contribution is 0.401. The highest BCUT2D eigenvalue weighted by Gasteiger charge is 2.36. The molecule has 0 fully saturated rings. The maximum atomic E-state index is 14.2. The van der Waals surface area contributed by atoms with Crippen LogP contribution >= 0.6 is 0 Å². The number of hydrogen-bond donors (Lipinski definition) is 0. The van der Waals surface area contributed by atoms with E-state index in [9.17, 15) is 4.79 Å². The second kappa shape index (κ2) is 8.44. The van der Waals surface area contributed by atoms with Gasteiger partial charge in [0, 0.05) is 11.1 Å². The van der Waals surface area contributed by atoms with Gasteiger partial charge >= 0.3 is 0 Å². The van der Waals surface area contributed by atoms with Crippen molar-refractivity contribution in [3.05, 3.63) is 129 Å². The van der Waals surface area contributed by atoms with E-state index in [1.165, 1.54) is 0 Å². The number of rotatable bonds is 4. The third kappa shape index (κ3) is 3.48. The normalized spacial score (nSPS) is 14.2. The number of aryl methyl sites for hydroxylation is 1. The molecule has 1 aliphatic heterocycles. The van der Waals surface area contributed by atoms with Crippen LogP contribution in [0, 0.1) is 6.92 Å². The highest BCUT2D eigenvalue weighted by molar-refractivity contribution is 5.90. The molecule has 0 spiro atoms. The van der Waals surface area contributed by atoms with Crippen molar-refractivity contribution in [2.75, 3.05) is 7.11 Å². The van der Waals surface area contributed by atoms with Crippen LogP contribution in [-0.4, -0.2) is 16.7 Å². The Morgan fingerprint density at radius 1 is 0.886 bits per heavy atom. The van der Waals surface area contributed by atoms with Crippen LogP contribution in [0.25, 0.3) is 10.8 Å². The van der Waals surface area contributed by atoms with Gasteiger partial charge in [-0.25, -0.2) is 0 Å². The Hall–Kier alpha value is -4.38. The fourth-order valence-electron chi connectivity index (χ4n) is 5.06. The third-order valence-corrected chi connectivity index (χ3v) is 6.71. The van der Waals surface area contributed by atoms with Crippen LogP contribution in [0.5, 0.6) is 17.4 Å². The van der Waals surface area contributed by atoms with Crippen molar-refractivity contribution in [2.24, 2.45) is 0 Å². The van der Waals surface area contributed by atoms with Gasteiger partial charge in [-0.2, -0.15) is 4.98 Å². The first kappa shape index (κ1) is 21.2. The first-order valence-corrected chi connectivity index (χ1v) is 11.6. The zero-order chi connectivity index (χ0) is 23.9. The van der Waals surface area contributed by atoms with Crippen molar-refractivity contribution >= 4 is 10.8 Å². The summed E-state index contributed by atoms with van der Waals surface area (Å²) in [5.41, 5.74) is 3.32. The molecule has 0 aliphatic carbocycles. The summed E-state index contributed by atoms with van der Waals surface area (Å²) >= 11 is 0. The van der Waals surface area contributed by atoms with Gasteiger partial charge in [-0.1, -0.05) is 78.9 Å². The third-order valence-electron chi connectivity index (χ3n) is 6.71. The number of para-hydroxylation sites is 1. The number of aromatic nitrogens is 2. The van der Waals surface area contributed by atoms with Crippen molar-refractivity contribution < 1.29 is 9.47 Å². The lowest BCUT2D eigenvalue weighted by Crippen LogP contribution is -2.32. The van der Waals surface area contributed by atoms with Gasteiger partial charge in [0.1, 0.15) is 17.3 Å². The standard InChI is InChI=1S/C30H24N2O3/c1-19-31-29-28(30(33)32(19)18-20-10-4-3-5-11-20)27(23-14-8-9-15-24(23)34-2)26-22-13-7-6-12-21(22)16-17-25(26)35-29/h3-17,27H,18H2,1-2H3. The van der Waals surface area contributed by atoms with Gasteiger partial charge in [0.15, 0.2) is 0 Å². The lowest BCUT2D eigenvalue weighted by Gasteiger charge is -2.30. The topological polar surface area (TPSA) is 53.4 Å². The molecule has 0 radical (unpaired) electrons. The Morgan fingerprint density at radius 3 is 2.46 bits per heavy atom. The molecule has 5 heteroatoms. The van der Waals surface area contributed by atoms with Crippen LogP contribution < -0.4 is 15.0 Å². The molecule has 5 nitrogen and oxygen atoms in total. The van der Waals surface area contributed by atoms with Gasteiger partial charge < -0.3 is 9.47 Å². The smallest absolute Gasteiger partial charge is 0.261 e. The average Bonchev–Trinajstić information content (AvgIpc) is 2.90. The summed E-state index contributed by atoms with van der Waals surface area (Å²) in [4.78, 5) is 19.0. The molecule has 1 aromatic heterocycles. The van der Waals surface area contributed by atoms with E-state index < -0.39 is 5.92 Å². The SMILES string of the molecule is COc1ccccc1C1c2c(nc(C)n(Cc3ccccc3)c2=O)Oc2ccc3ccccc3c21. The molecule has 2 heterocycles. The van der Waals surface area contributed by atoms with E-state index in [4.69, 9.17) is 14.5 Å². The molecule has 1 aliphatic rings. The average molecular weight is 461 g/mol. The largest absolute Gasteiger partial charge is 0.496 e. The second-order valence-electron chi connectivity index (χ2n) is 8.73. The molecule has 0 saturated heterocycles. The molecule has 5 aromatic rings. The van der Waals surface area contributed by atoms with Crippen molar-refractivity contribution in [1.29, 1.82) is 0 Å². The summed E-state index contributed by atoms with van der Waals surface area (Å²) < 4.78 is 13.8. The maximum Gasteiger partial charge on any atom is 0.261 e. The van der Waals surface area contributed by atoms with Crippen LogP contribution in [0.3, 0.4) is 0 Å². The van der Waals surface area contributed by atoms with Gasteiger partial charge in [0.05, 0.1) is 25.1 Å². The van der Waals surface area contributed by atoms with Crippen LogP contribution in [-0.2, 0) is 6.54 Å². The molecule has 0 N–H and O–H groups in total.